The number of rotatable bonds is 4. The van der Waals surface area contributed by atoms with Crippen LogP contribution in [0, 0.1) is 11.3 Å². The second-order valence-corrected chi connectivity index (χ2v) is 5.44. The van der Waals surface area contributed by atoms with Crippen molar-refractivity contribution in [2.45, 2.75) is 19.8 Å². The van der Waals surface area contributed by atoms with Crippen molar-refractivity contribution >= 4 is 0 Å². The van der Waals surface area contributed by atoms with Crippen LogP contribution in [0.1, 0.15) is 19.8 Å². The van der Waals surface area contributed by atoms with E-state index in [1.54, 1.807) is 0 Å². The Balaban J connectivity index is 1.68. The molecule has 2 aliphatic rings. The molecule has 2 aliphatic heterocycles. The molecule has 0 aliphatic carbocycles. The van der Waals surface area contributed by atoms with E-state index in [1.165, 1.54) is 32.5 Å². The van der Waals surface area contributed by atoms with Crippen LogP contribution in [0.2, 0.25) is 0 Å². The zero-order chi connectivity index (χ0) is 10.7. The fraction of sp³-hybridized carbons (Fsp3) is 1.00. The largest absolute Gasteiger partial charge is 0.381 e. The molecule has 1 N–H and O–H groups in total. The van der Waals surface area contributed by atoms with Crippen molar-refractivity contribution in [1.82, 2.24) is 10.2 Å². The zero-order valence-electron chi connectivity index (χ0n) is 10.1. The van der Waals surface area contributed by atoms with E-state index in [4.69, 9.17) is 4.74 Å². The van der Waals surface area contributed by atoms with Crippen molar-refractivity contribution in [2.75, 3.05) is 46.4 Å². The molecule has 2 fully saturated rings. The third-order valence-corrected chi connectivity index (χ3v) is 3.79. The molecule has 15 heavy (non-hydrogen) atoms. The van der Waals surface area contributed by atoms with Crippen molar-refractivity contribution in [3.63, 3.8) is 0 Å². The maximum absolute atomic E-state index is 5.43. The molecule has 3 heteroatoms. The second-order valence-electron chi connectivity index (χ2n) is 5.44. The van der Waals surface area contributed by atoms with E-state index in [0.717, 1.165) is 25.7 Å². The topological polar surface area (TPSA) is 24.5 Å². The van der Waals surface area contributed by atoms with Gasteiger partial charge in [0, 0.05) is 38.3 Å². The highest BCUT2D eigenvalue weighted by Gasteiger charge is 2.43. The Labute approximate surface area is 93.2 Å². The Morgan fingerprint density at radius 2 is 2.00 bits per heavy atom. The number of ether oxygens (including phenoxy) is 1. The van der Waals surface area contributed by atoms with Gasteiger partial charge in [0.15, 0.2) is 0 Å². The molecule has 0 aromatic carbocycles. The molecule has 1 unspecified atom stereocenters. The Bertz CT molecular complexity index is 194. The number of hydrogen-bond acceptors (Lipinski definition) is 3. The van der Waals surface area contributed by atoms with Gasteiger partial charge in [0.1, 0.15) is 0 Å². The van der Waals surface area contributed by atoms with Gasteiger partial charge in [-0.2, -0.15) is 0 Å². The van der Waals surface area contributed by atoms with Crippen molar-refractivity contribution in [1.29, 1.82) is 0 Å². The standard InChI is InChI=1S/C12H24N2O/c1-11(7-13-2)8-14-9-12(10-14)3-5-15-6-4-12/h11,13H,3-10H2,1-2H3. The van der Waals surface area contributed by atoms with Gasteiger partial charge in [0.2, 0.25) is 0 Å². The minimum absolute atomic E-state index is 0.637. The molecule has 0 bridgehead atoms. The van der Waals surface area contributed by atoms with Gasteiger partial charge in [0.25, 0.3) is 0 Å². The molecule has 0 radical (unpaired) electrons. The molecular weight excluding hydrogens is 188 g/mol. The first-order chi connectivity index (χ1) is 7.24. The summed E-state index contributed by atoms with van der Waals surface area (Å²) in [5.74, 6) is 0.771. The van der Waals surface area contributed by atoms with Crippen LogP contribution in [0.25, 0.3) is 0 Å². The number of likely N-dealkylation sites (tertiary alicyclic amines) is 1. The lowest BCUT2D eigenvalue weighted by Crippen LogP contribution is -2.59. The van der Waals surface area contributed by atoms with Gasteiger partial charge in [-0.3, -0.25) is 0 Å². The lowest BCUT2D eigenvalue weighted by Gasteiger charge is -2.53. The van der Waals surface area contributed by atoms with Crippen LogP contribution in [0.3, 0.4) is 0 Å². The lowest BCUT2D eigenvalue weighted by molar-refractivity contribution is -0.0841. The van der Waals surface area contributed by atoms with Gasteiger partial charge in [0.05, 0.1) is 0 Å². The van der Waals surface area contributed by atoms with Crippen molar-refractivity contribution in [2.24, 2.45) is 11.3 Å². The molecule has 1 atom stereocenters. The van der Waals surface area contributed by atoms with Gasteiger partial charge >= 0.3 is 0 Å². The third-order valence-electron chi connectivity index (χ3n) is 3.79. The van der Waals surface area contributed by atoms with E-state index >= 15 is 0 Å². The Morgan fingerprint density at radius 3 is 2.60 bits per heavy atom. The normalized spacial score (nSPS) is 27.6. The summed E-state index contributed by atoms with van der Waals surface area (Å²) in [6.45, 7) is 9.30. The van der Waals surface area contributed by atoms with Crippen LogP contribution in [0.15, 0.2) is 0 Å². The Kier molecular flexibility index (Phi) is 3.65. The molecule has 1 spiro atoms. The van der Waals surface area contributed by atoms with Crippen LogP contribution in [0.4, 0.5) is 0 Å². The lowest BCUT2D eigenvalue weighted by atomic mass is 9.73. The van der Waals surface area contributed by atoms with Crippen LogP contribution in [-0.4, -0.2) is 51.3 Å². The molecule has 88 valence electrons. The number of nitrogens with one attached hydrogen (secondary N) is 1. The number of nitrogens with zero attached hydrogens (tertiary/aromatic N) is 1. The van der Waals surface area contributed by atoms with Crippen molar-refractivity contribution in [3.8, 4) is 0 Å². The fourth-order valence-corrected chi connectivity index (χ4v) is 3.01. The van der Waals surface area contributed by atoms with Crippen LogP contribution < -0.4 is 5.32 Å². The summed E-state index contributed by atoms with van der Waals surface area (Å²) in [4.78, 5) is 2.60. The zero-order valence-corrected chi connectivity index (χ0v) is 10.1. The van der Waals surface area contributed by atoms with E-state index in [-0.39, 0.29) is 0 Å². The first kappa shape index (κ1) is 11.4. The second kappa shape index (κ2) is 4.81. The van der Waals surface area contributed by atoms with Crippen molar-refractivity contribution < 1.29 is 4.74 Å². The monoisotopic (exact) mass is 212 g/mol. The maximum Gasteiger partial charge on any atom is 0.0472 e. The molecule has 0 aromatic rings. The molecule has 2 heterocycles. The van der Waals surface area contributed by atoms with Gasteiger partial charge in [-0.05, 0) is 32.4 Å². The van der Waals surface area contributed by atoms with Gasteiger partial charge in [-0.1, -0.05) is 6.92 Å². The third kappa shape index (κ3) is 2.71. The summed E-state index contributed by atoms with van der Waals surface area (Å²) in [5.41, 5.74) is 0.637. The molecular formula is C12H24N2O. The predicted molar refractivity (Wildman–Crippen MR) is 62.0 cm³/mol. The van der Waals surface area contributed by atoms with Crippen LogP contribution >= 0.6 is 0 Å². The maximum atomic E-state index is 5.43. The minimum Gasteiger partial charge on any atom is -0.381 e. The van der Waals surface area contributed by atoms with Crippen molar-refractivity contribution in [3.05, 3.63) is 0 Å². The summed E-state index contributed by atoms with van der Waals surface area (Å²) in [5, 5.41) is 3.25. The van der Waals surface area contributed by atoms with E-state index in [0.29, 0.717) is 5.41 Å². The highest BCUT2D eigenvalue weighted by atomic mass is 16.5. The molecule has 2 rings (SSSR count). The summed E-state index contributed by atoms with van der Waals surface area (Å²) in [6.07, 6.45) is 2.56. The van der Waals surface area contributed by atoms with Gasteiger partial charge in [-0.15, -0.1) is 0 Å². The highest BCUT2D eigenvalue weighted by molar-refractivity contribution is 4.96. The van der Waals surface area contributed by atoms with Crippen LogP contribution in [-0.2, 0) is 4.74 Å². The average Bonchev–Trinajstić information content (AvgIpc) is 2.17. The summed E-state index contributed by atoms with van der Waals surface area (Å²) in [7, 11) is 2.03. The summed E-state index contributed by atoms with van der Waals surface area (Å²) < 4.78 is 5.43. The first-order valence-corrected chi connectivity index (χ1v) is 6.19. The van der Waals surface area contributed by atoms with E-state index < -0.39 is 0 Å². The average molecular weight is 212 g/mol. The predicted octanol–water partition coefficient (Wildman–Crippen LogP) is 0.954. The Morgan fingerprint density at radius 1 is 1.33 bits per heavy atom. The SMILES string of the molecule is CNCC(C)CN1CC2(CCOCC2)C1. The van der Waals surface area contributed by atoms with Gasteiger partial charge in [-0.25, -0.2) is 0 Å². The number of hydrogen-bond donors (Lipinski definition) is 1. The molecule has 0 saturated carbocycles. The molecule has 3 nitrogen and oxygen atoms in total. The molecule has 2 saturated heterocycles. The Hall–Kier alpha value is -0.120. The smallest absolute Gasteiger partial charge is 0.0472 e. The summed E-state index contributed by atoms with van der Waals surface area (Å²) in [6, 6.07) is 0. The fourth-order valence-electron chi connectivity index (χ4n) is 3.01. The minimum atomic E-state index is 0.637. The van der Waals surface area contributed by atoms with Crippen LogP contribution in [0.5, 0.6) is 0 Å². The summed E-state index contributed by atoms with van der Waals surface area (Å²) >= 11 is 0. The van der Waals surface area contributed by atoms with Gasteiger partial charge < -0.3 is 15.0 Å². The molecule has 0 amide bonds. The first-order valence-electron chi connectivity index (χ1n) is 6.19. The quantitative estimate of drug-likeness (QED) is 0.751. The van der Waals surface area contributed by atoms with E-state index in [9.17, 15) is 0 Å². The highest BCUT2D eigenvalue weighted by Crippen LogP contribution is 2.39. The van der Waals surface area contributed by atoms with E-state index in [1.807, 2.05) is 7.05 Å². The molecule has 0 aromatic heterocycles. The van der Waals surface area contributed by atoms with E-state index in [2.05, 4.69) is 17.1 Å².